The molecule has 0 fully saturated rings. The first kappa shape index (κ1) is 12.7. The standard InChI is InChI=1S/C7H8NO.ClH.FH/c1-7(9)8-5-3-2-4-6-8;;/h2-6H,1H3;2*1H/q+1;;. The van der Waals surface area contributed by atoms with Crippen molar-refractivity contribution in [3.8, 4) is 0 Å². The molecule has 0 atom stereocenters. The molecule has 0 amide bonds. The fourth-order valence-electron chi connectivity index (χ4n) is 0.609. The minimum absolute atomic E-state index is 0. The fourth-order valence-corrected chi connectivity index (χ4v) is 0.609. The van der Waals surface area contributed by atoms with Crippen LogP contribution in [0.1, 0.15) is 11.7 Å². The number of carbonyl (C=O) groups is 1. The summed E-state index contributed by atoms with van der Waals surface area (Å²) in [6, 6.07) is 5.52. The molecule has 0 N–H and O–H groups in total. The van der Waals surface area contributed by atoms with Gasteiger partial charge in [-0.05, 0) is 0 Å². The molecule has 0 spiro atoms. The van der Waals surface area contributed by atoms with E-state index < -0.39 is 0 Å². The second kappa shape index (κ2) is 5.80. The summed E-state index contributed by atoms with van der Waals surface area (Å²) in [7, 11) is 0. The summed E-state index contributed by atoms with van der Waals surface area (Å²) in [4.78, 5) is 10.6. The monoisotopic (exact) mass is 178 g/mol. The van der Waals surface area contributed by atoms with Gasteiger partial charge in [0.25, 0.3) is 0 Å². The van der Waals surface area contributed by atoms with E-state index >= 15 is 0 Å². The van der Waals surface area contributed by atoms with Crippen molar-refractivity contribution in [2.24, 2.45) is 0 Å². The molecule has 0 unspecified atom stereocenters. The van der Waals surface area contributed by atoms with Gasteiger partial charge in [-0.25, -0.2) is 4.79 Å². The summed E-state index contributed by atoms with van der Waals surface area (Å²) in [5.41, 5.74) is 0. The maximum absolute atomic E-state index is 10.6. The maximum atomic E-state index is 10.6. The highest BCUT2D eigenvalue weighted by molar-refractivity contribution is 5.85. The van der Waals surface area contributed by atoms with Gasteiger partial charge in [-0.15, -0.1) is 17.0 Å². The molecule has 0 aliphatic carbocycles. The molecule has 1 heterocycles. The molecule has 0 saturated carbocycles. The van der Waals surface area contributed by atoms with Gasteiger partial charge in [0.05, 0.1) is 6.92 Å². The lowest BCUT2D eigenvalue weighted by molar-refractivity contribution is -0.572. The molecule has 62 valence electrons. The second-order valence-corrected chi connectivity index (χ2v) is 1.80. The van der Waals surface area contributed by atoms with Crippen molar-refractivity contribution < 1.29 is 14.1 Å². The number of nitrogens with zero attached hydrogens (tertiary/aromatic N) is 1. The minimum Gasteiger partial charge on any atom is -0.269 e. The highest BCUT2D eigenvalue weighted by Gasteiger charge is 2.01. The second-order valence-electron chi connectivity index (χ2n) is 1.80. The first-order valence-electron chi connectivity index (χ1n) is 2.78. The molecule has 1 rings (SSSR count). The number of pyridine rings is 1. The third-order valence-corrected chi connectivity index (χ3v) is 1.08. The van der Waals surface area contributed by atoms with Crippen molar-refractivity contribution in [1.29, 1.82) is 0 Å². The third-order valence-electron chi connectivity index (χ3n) is 1.08. The Kier molecular flexibility index (Phi) is 6.69. The van der Waals surface area contributed by atoms with Crippen molar-refractivity contribution in [3.63, 3.8) is 0 Å². The van der Waals surface area contributed by atoms with E-state index in [1.165, 1.54) is 11.5 Å². The van der Waals surface area contributed by atoms with E-state index in [1.54, 1.807) is 12.4 Å². The predicted octanol–water partition coefficient (Wildman–Crippen LogP) is 1.21. The van der Waals surface area contributed by atoms with Crippen LogP contribution in [0.4, 0.5) is 4.70 Å². The van der Waals surface area contributed by atoms with E-state index in [0.29, 0.717) is 0 Å². The van der Waals surface area contributed by atoms with Gasteiger partial charge in [0.1, 0.15) is 0 Å². The summed E-state index contributed by atoms with van der Waals surface area (Å²) >= 11 is 0. The van der Waals surface area contributed by atoms with Crippen LogP contribution in [0.3, 0.4) is 0 Å². The van der Waals surface area contributed by atoms with Crippen LogP contribution in [0.15, 0.2) is 30.6 Å². The summed E-state index contributed by atoms with van der Waals surface area (Å²) in [6.45, 7) is 1.53. The molecule has 2 nitrogen and oxygen atoms in total. The van der Waals surface area contributed by atoms with Gasteiger partial charge >= 0.3 is 5.91 Å². The van der Waals surface area contributed by atoms with E-state index in [4.69, 9.17) is 0 Å². The largest absolute Gasteiger partial charge is 0.389 e. The third kappa shape index (κ3) is 3.68. The fraction of sp³-hybridized carbons (Fsp3) is 0.143. The Labute approximate surface area is 70.6 Å². The Morgan fingerprint density at radius 1 is 1.18 bits per heavy atom. The van der Waals surface area contributed by atoms with Crippen molar-refractivity contribution in [3.05, 3.63) is 30.6 Å². The molecular weight excluding hydrogens is 169 g/mol. The molecule has 11 heavy (non-hydrogen) atoms. The molecule has 0 aliphatic rings. The average Bonchev–Trinajstić information content (AvgIpc) is 1.90. The van der Waals surface area contributed by atoms with Crippen molar-refractivity contribution >= 4 is 18.3 Å². The molecule has 4 heteroatoms. The van der Waals surface area contributed by atoms with E-state index in [1.807, 2.05) is 18.2 Å². The molecule has 1 aromatic heterocycles. The van der Waals surface area contributed by atoms with Crippen LogP contribution < -0.4 is 4.57 Å². The molecular formula is C7H10ClFNO+. The SMILES string of the molecule is CC(=O)[n+]1ccccc1.Cl.F. The minimum atomic E-state index is 0. The Morgan fingerprint density at radius 3 is 1.91 bits per heavy atom. The zero-order valence-corrected chi connectivity index (χ0v) is 6.88. The molecule has 1 aromatic rings. The molecule has 0 aromatic carbocycles. The van der Waals surface area contributed by atoms with Crippen LogP contribution in [0.5, 0.6) is 0 Å². The van der Waals surface area contributed by atoms with Gasteiger partial charge < -0.3 is 0 Å². The van der Waals surface area contributed by atoms with Gasteiger partial charge in [0, 0.05) is 12.1 Å². The zero-order valence-electron chi connectivity index (χ0n) is 6.06. The number of carbonyl (C=O) groups excluding carboxylic acids is 1. The van der Waals surface area contributed by atoms with Gasteiger partial charge in [-0.1, -0.05) is 6.07 Å². The average molecular weight is 179 g/mol. The van der Waals surface area contributed by atoms with E-state index in [9.17, 15) is 4.79 Å². The lowest BCUT2D eigenvalue weighted by Gasteiger charge is -1.83. The Balaban J connectivity index is 0. The zero-order chi connectivity index (χ0) is 6.69. The number of aromatic nitrogens is 1. The van der Waals surface area contributed by atoms with Crippen molar-refractivity contribution in [1.82, 2.24) is 0 Å². The lowest BCUT2D eigenvalue weighted by atomic mass is 10.5. The van der Waals surface area contributed by atoms with Crippen molar-refractivity contribution in [2.75, 3.05) is 0 Å². The molecule has 0 bridgehead atoms. The molecule has 0 aliphatic heterocycles. The highest BCUT2D eigenvalue weighted by Crippen LogP contribution is 1.75. The van der Waals surface area contributed by atoms with Gasteiger partial charge in [0.15, 0.2) is 12.4 Å². The van der Waals surface area contributed by atoms with Crippen LogP contribution in [-0.2, 0) is 0 Å². The highest BCUT2D eigenvalue weighted by atomic mass is 35.5. The van der Waals surface area contributed by atoms with Crippen LogP contribution in [0.2, 0.25) is 0 Å². The van der Waals surface area contributed by atoms with E-state index in [2.05, 4.69) is 0 Å². The molecule has 0 saturated heterocycles. The Hall–Kier alpha value is -0.960. The predicted molar refractivity (Wildman–Crippen MR) is 42.7 cm³/mol. The van der Waals surface area contributed by atoms with Gasteiger partial charge in [-0.3, -0.25) is 4.70 Å². The summed E-state index contributed by atoms with van der Waals surface area (Å²) in [6.07, 6.45) is 3.45. The summed E-state index contributed by atoms with van der Waals surface area (Å²) in [5.74, 6) is 0.0376. The number of rotatable bonds is 0. The normalized spacial score (nSPS) is 7.36. The quantitative estimate of drug-likeness (QED) is 0.547. The molecule has 0 radical (unpaired) electrons. The maximum Gasteiger partial charge on any atom is 0.389 e. The van der Waals surface area contributed by atoms with Gasteiger partial charge in [0.2, 0.25) is 0 Å². The summed E-state index contributed by atoms with van der Waals surface area (Å²) in [5, 5.41) is 0. The van der Waals surface area contributed by atoms with Gasteiger partial charge in [-0.2, -0.15) is 0 Å². The smallest absolute Gasteiger partial charge is 0.269 e. The lowest BCUT2D eigenvalue weighted by Crippen LogP contribution is -2.38. The van der Waals surface area contributed by atoms with Crippen LogP contribution in [-0.4, -0.2) is 5.91 Å². The number of hydrogen-bond acceptors (Lipinski definition) is 1. The van der Waals surface area contributed by atoms with Crippen LogP contribution in [0.25, 0.3) is 0 Å². The Morgan fingerprint density at radius 2 is 1.64 bits per heavy atom. The van der Waals surface area contributed by atoms with Crippen molar-refractivity contribution in [2.45, 2.75) is 6.92 Å². The topological polar surface area (TPSA) is 20.9 Å². The van der Waals surface area contributed by atoms with E-state index in [-0.39, 0.29) is 23.0 Å². The first-order chi connectivity index (χ1) is 4.30. The number of hydrogen-bond donors (Lipinski definition) is 0. The van der Waals surface area contributed by atoms with Crippen LogP contribution >= 0.6 is 12.4 Å². The Bertz CT molecular complexity index is 215. The first-order valence-corrected chi connectivity index (χ1v) is 2.78. The summed E-state index contributed by atoms with van der Waals surface area (Å²) < 4.78 is 1.53. The number of halogens is 2. The van der Waals surface area contributed by atoms with Crippen LogP contribution in [0, 0.1) is 0 Å². The van der Waals surface area contributed by atoms with E-state index in [0.717, 1.165) is 0 Å².